The van der Waals surface area contributed by atoms with Crippen LogP contribution in [0.1, 0.15) is 5.56 Å². The van der Waals surface area contributed by atoms with Crippen molar-refractivity contribution in [2.75, 3.05) is 7.11 Å². The molecule has 0 unspecified atom stereocenters. The Morgan fingerprint density at radius 1 is 1.10 bits per heavy atom. The summed E-state index contributed by atoms with van der Waals surface area (Å²) in [6, 6.07) is 8.47. The fourth-order valence-corrected chi connectivity index (χ4v) is 1.98. The standard InChI is InChI=1S/C14H10F3NO3/c1-21-9-6-7-11(13(8-9)18(19)20)10-4-2-3-5-12(10)14(15,16)17/h2-8H,1H3. The minimum Gasteiger partial charge on any atom is -0.497 e. The summed E-state index contributed by atoms with van der Waals surface area (Å²) in [5.74, 6) is 0.204. The Balaban J connectivity index is 2.71. The van der Waals surface area contributed by atoms with Gasteiger partial charge < -0.3 is 4.74 Å². The van der Waals surface area contributed by atoms with Crippen LogP contribution in [0.25, 0.3) is 11.1 Å². The summed E-state index contributed by atoms with van der Waals surface area (Å²) in [6.45, 7) is 0. The van der Waals surface area contributed by atoms with E-state index in [1.165, 1.54) is 37.4 Å². The molecule has 0 aliphatic carbocycles. The van der Waals surface area contributed by atoms with Crippen LogP contribution in [0.4, 0.5) is 18.9 Å². The van der Waals surface area contributed by atoms with Crippen LogP contribution in [-0.4, -0.2) is 12.0 Å². The zero-order chi connectivity index (χ0) is 15.6. The smallest absolute Gasteiger partial charge is 0.417 e. The molecule has 0 saturated heterocycles. The third-order valence-electron chi connectivity index (χ3n) is 2.92. The molecule has 110 valence electrons. The quantitative estimate of drug-likeness (QED) is 0.627. The van der Waals surface area contributed by atoms with E-state index in [1.54, 1.807) is 0 Å². The summed E-state index contributed by atoms with van der Waals surface area (Å²) in [4.78, 5) is 10.4. The van der Waals surface area contributed by atoms with Crippen LogP contribution in [-0.2, 0) is 6.18 Å². The third-order valence-corrected chi connectivity index (χ3v) is 2.92. The molecule has 4 nitrogen and oxygen atoms in total. The molecule has 21 heavy (non-hydrogen) atoms. The van der Waals surface area contributed by atoms with Gasteiger partial charge >= 0.3 is 6.18 Å². The minimum atomic E-state index is -4.59. The number of hydrogen-bond acceptors (Lipinski definition) is 3. The van der Waals surface area contributed by atoms with E-state index in [-0.39, 0.29) is 16.9 Å². The van der Waals surface area contributed by atoms with Gasteiger partial charge in [-0.05, 0) is 18.2 Å². The Bertz CT molecular complexity index is 683. The van der Waals surface area contributed by atoms with Gasteiger partial charge in [-0.2, -0.15) is 13.2 Å². The average molecular weight is 297 g/mol. The molecule has 0 fully saturated rings. The molecule has 0 radical (unpaired) electrons. The maximum absolute atomic E-state index is 13.0. The molecule has 0 amide bonds. The van der Waals surface area contributed by atoms with E-state index in [0.29, 0.717) is 0 Å². The van der Waals surface area contributed by atoms with E-state index in [4.69, 9.17) is 4.74 Å². The van der Waals surface area contributed by atoms with Gasteiger partial charge in [0.2, 0.25) is 0 Å². The monoisotopic (exact) mass is 297 g/mol. The van der Waals surface area contributed by atoms with Crippen molar-refractivity contribution in [3.8, 4) is 16.9 Å². The lowest BCUT2D eigenvalue weighted by Crippen LogP contribution is -2.07. The Morgan fingerprint density at radius 3 is 2.33 bits per heavy atom. The second kappa shape index (κ2) is 5.43. The fourth-order valence-electron chi connectivity index (χ4n) is 1.98. The van der Waals surface area contributed by atoms with Crippen LogP contribution in [0.2, 0.25) is 0 Å². The first kappa shape index (κ1) is 14.8. The minimum absolute atomic E-state index is 0.103. The van der Waals surface area contributed by atoms with Crippen LogP contribution in [0, 0.1) is 10.1 Å². The van der Waals surface area contributed by atoms with Gasteiger partial charge in [0.05, 0.1) is 29.2 Å². The molecule has 0 atom stereocenters. The molecule has 2 rings (SSSR count). The lowest BCUT2D eigenvalue weighted by Gasteiger charge is -2.13. The molecular formula is C14H10F3NO3. The summed E-state index contributed by atoms with van der Waals surface area (Å²) < 4.78 is 43.9. The number of methoxy groups -OCH3 is 1. The second-order valence-electron chi connectivity index (χ2n) is 4.18. The van der Waals surface area contributed by atoms with Gasteiger partial charge in [0.15, 0.2) is 0 Å². The Labute approximate surface area is 117 Å². The normalized spacial score (nSPS) is 11.2. The van der Waals surface area contributed by atoms with E-state index in [9.17, 15) is 23.3 Å². The Kier molecular flexibility index (Phi) is 3.84. The van der Waals surface area contributed by atoms with Gasteiger partial charge in [0.25, 0.3) is 5.69 Å². The predicted molar refractivity (Wildman–Crippen MR) is 70.1 cm³/mol. The molecule has 2 aromatic carbocycles. The van der Waals surface area contributed by atoms with Crippen molar-refractivity contribution >= 4 is 5.69 Å². The summed E-state index contributed by atoms with van der Waals surface area (Å²) in [6.07, 6.45) is -4.59. The molecule has 0 aliphatic heterocycles. The van der Waals surface area contributed by atoms with Gasteiger partial charge in [-0.15, -0.1) is 0 Å². The number of nitro groups is 1. The molecule has 7 heteroatoms. The molecule has 0 aromatic heterocycles. The van der Waals surface area contributed by atoms with Crippen LogP contribution < -0.4 is 4.74 Å². The summed E-state index contributed by atoms with van der Waals surface area (Å²) >= 11 is 0. The Morgan fingerprint density at radius 2 is 1.76 bits per heavy atom. The summed E-state index contributed by atoms with van der Waals surface area (Å²) in [7, 11) is 1.32. The molecule has 0 N–H and O–H groups in total. The lowest BCUT2D eigenvalue weighted by molar-refractivity contribution is -0.384. The average Bonchev–Trinajstić information content (AvgIpc) is 2.45. The zero-order valence-corrected chi connectivity index (χ0v) is 10.8. The van der Waals surface area contributed by atoms with Crippen LogP contribution >= 0.6 is 0 Å². The van der Waals surface area contributed by atoms with Crippen molar-refractivity contribution in [2.45, 2.75) is 6.18 Å². The van der Waals surface area contributed by atoms with Crippen molar-refractivity contribution < 1.29 is 22.8 Å². The van der Waals surface area contributed by atoms with Gasteiger partial charge in [0.1, 0.15) is 5.75 Å². The largest absolute Gasteiger partial charge is 0.497 e. The first-order valence-electron chi connectivity index (χ1n) is 5.83. The highest BCUT2D eigenvalue weighted by atomic mass is 19.4. The van der Waals surface area contributed by atoms with E-state index in [2.05, 4.69) is 0 Å². The number of rotatable bonds is 3. The van der Waals surface area contributed by atoms with Crippen molar-refractivity contribution in [1.82, 2.24) is 0 Å². The fraction of sp³-hybridized carbons (Fsp3) is 0.143. The number of nitrogens with zero attached hydrogens (tertiary/aromatic N) is 1. The van der Waals surface area contributed by atoms with E-state index in [1.807, 2.05) is 0 Å². The maximum atomic E-state index is 13.0. The van der Waals surface area contributed by atoms with Gasteiger partial charge in [0, 0.05) is 5.56 Å². The van der Waals surface area contributed by atoms with Crippen LogP contribution in [0.5, 0.6) is 5.75 Å². The van der Waals surface area contributed by atoms with Gasteiger partial charge in [-0.25, -0.2) is 0 Å². The molecule has 2 aromatic rings. The van der Waals surface area contributed by atoms with Gasteiger partial charge in [-0.3, -0.25) is 10.1 Å². The third kappa shape index (κ3) is 2.96. The SMILES string of the molecule is COc1ccc(-c2ccccc2C(F)(F)F)c([N+](=O)[O-])c1. The van der Waals surface area contributed by atoms with Crippen molar-refractivity contribution in [2.24, 2.45) is 0 Å². The number of halogens is 3. The number of alkyl halides is 3. The molecular weight excluding hydrogens is 287 g/mol. The zero-order valence-electron chi connectivity index (χ0n) is 10.8. The highest BCUT2D eigenvalue weighted by Crippen LogP contribution is 2.41. The summed E-state index contributed by atoms with van der Waals surface area (Å²) in [5, 5.41) is 11.1. The first-order valence-corrected chi connectivity index (χ1v) is 5.83. The Hall–Kier alpha value is -2.57. The number of ether oxygens (including phenoxy) is 1. The second-order valence-corrected chi connectivity index (χ2v) is 4.18. The predicted octanol–water partition coefficient (Wildman–Crippen LogP) is 4.29. The lowest BCUT2D eigenvalue weighted by atomic mass is 9.97. The van der Waals surface area contributed by atoms with Gasteiger partial charge in [-0.1, -0.05) is 18.2 Å². The summed E-state index contributed by atoms with van der Waals surface area (Å²) in [5.41, 5.74) is -1.70. The van der Waals surface area contributed by atoms with Crippen LogP contribution in [0.15, 0.2) is 42.5 Å². The molecule has 0 bridgehead atoms. The highest BCUT2D eigenvalue weighted by molar-refractivity contribution is 5.77. The number of nitro benzene ring substituents is 1. The van der Waals surface area contributed by atoms with E-state index in [0.717, 1.165) is 12.1 Å². The van der Waals surface area contributed by atoms with Crippen molar-refractivity contribution in [3.63, 3.8) is 0 Å². The highest BCUT2D eigenvalue weighted by Gasteiger charge is 2.34. The van der Waals surface area contributed by atoms with E-state index < -0.39 is 22.4 Å². The topological polar surface area (TPSA) is 52.4 Å². The number of benzene rings is 2. The van der Waals surface area contributed by atoms with Crippen molar-refractivity contribution in [3.05, 3.63) is 58.1 Å². The van der Waals surface area contributed by atoms with Crippen molar-refractivity contribution in [1.29, 1.82) is 0 Å². The molecule has 0 heterocycles. The van der Waals surface area contributed by atoms with E-state index >= 15 is 0 Å². The number of hydrogen-bond donors (Lipinski definition) is 0. The maximum Gasteiger partial charge on any atom is 0.417 e. The molecule has 0 spiro atoms. The molecule has 0 aliphatic rings. The molecule has 0 saturated carbocycles. The first-order chi connectivity index (χ1) is 9.84. The van der Waals surface area contributed by atoms with Crippen LogP contribution in [0.3, 0.4) is 0 Å².